The number of hydrogen-bond acceptors (Lipinski definition) is 2. The third kappa shape index (κ3) is 13.2. The quantitative estimate of drug-likeness (QED) is 0.667. The summed E-state index contributed by atoms with van der Waals surface area (Å²) in [5, 5.41) is 2.75. The van der Waals surface area contributed by atoms with Crippen molar-refractivity contribution in [1.82, 2.24) is 5.32 Å². The highest BCUT2D eigenvalue weighted by Crippen LogP contribution is 2.10. The van der Waals surface area contributed by atoms with Crippen LogP contribution >= 0.6 is 0 Å². The Labute approximate surface area is 72.5 Å². The first-order valence-electron chi connectivity index (χ1n) is 4.17. The Bertz CT molecular complexity index is 76.5. The summed E-state index contributed by atoms with van der Waals surface area (Å²) >= 11 is 0. The van der Waals surface area contributed by atoms with E-state index in [0.717, 1.165) is 0 Å². The minimum Gasteiger partial charge on any atom is -0.420 e. The highest BCUT2D eigenvalue weighted by Gasteiger charge is 2.17. The molecule has 0 unspecified atom stereocenters. The number of nitrogens with one attached hydrogen (secondary N) is 1. The van der Waals surface area contributed by atoms with Gasteiger partial charge >= 0.3 is 0 Å². The lowest BCUT2D eigenvalue weighted by atomic mass is 10.6. The van der Waals surface area contributed by atoms with Gasteiger partial charge in [0.05, 0.1) is 0 Å². The molecule has 0 rings (SSSR count). The van der Waals surface area contributed by atoms with Gasteiger partial charge in [0.15, 0.2) is 8.32 Å². The summed E-state index contributed by atoms with van der Waals surface area (Å²) in [6.45, 7) is 6.70. The minimum atomic E-state index is -1.18. The van der Waals surface area contributed by atoms with Crippen molar-refractivity contribution in [3.05, 3.63) is 0 Å². The van der Waals surface area contributed by atoms with Gasteiger partial charge in [-0.15, -0.1) is 0 Å². The van der Waals surface area contributed by atoms with Gasteiger partial charge in [-0.2, -0.15) is 0 Å². The van der Waals surface area contributed by atoms with E-state index < -0.39 is 8.32 Å². The van der Waals surface area contributed by atoms with Crippen LogP contribution in [0.2, 0.25) is 19.1 Å². The number of rotatable bonds is 3. The van der Waals surface area contributed by atoms with E-state index in [2.05, 4.69) is 25.3 Å². The average Bonchev–Trinajstić information content (AvgIpc) is 1.90. The summed E-state index contributed by atoms with van der Waals surface area (Å²) in [6, 6.07) is 1.28. The monoisotopic (exact) mass is 177 g/mol. The Hall–Kier alpha value is 0.137. The fraction of sp³-hybridized carbons (Fsp3) is 1.00. The second-order valence-corrected chi connectivity index (χ2v) is 7.64. The molecular weight excluding hydrogens is 154 g/mol. The first-order valence-corrected chi connectivity index (χ1v) is 7.29. The standard InChI is InChI=1S/C6H16OSi.C2H7N/c1-5-6-8(3,4)7-2;1-3-2/h5-6H2,1-4H3;3H,1-2H3. The maximum Gasteiger partial charge on any atom is 0.186 e. The van der Waals surface area contributed by atoms with Crippen molar-refractivity contribution in [2.45, 2.75) is 32.5 Å². The lowest BCUT2D eigenvalue weighted by Gasteiger charge is -2.17. The van der Waals surface area contributed by atoms with Crippen LogP contribution in [0.15, 0.2) is 0 Å². The van der Waals surface area contributed by atoms with Crippen LogP contribution < -0.4 is 5.32 Å². The van der Waals surface area contributed by atoms with Gasteiger partial charge in [0.25, 0.3) is 0 Å². The van der Waals surface area contributed by atoms with Gasteiger partial charge in [0.1, 0.15) is 0 Å². The lowest BCUT2D eigenvalue weighted by Crippen LogP contribution is -2.27. The van der Waals surface area contributed by atoms with Crippen LogP contribution in [0.1, 0.15) is 13.3 Å². The van der Waals surface area contributed by atoms with Gasteiger partial charge in [-0.3, -0.25) is 0 Å². The Balaban J connectivity index is 0. The molecule has 70 valence electrons. The first kappa shape index (κ1) is 13.7. The van der Waals surface area contributed by atoms with Gasteiger partial charge in [-0.25, -0.2) is 0 Å². The summed E-state index contributed by atoms with van der Waals surface area (Å²) < 4.78 is 5.32. The first-order chi connectivity index (χ1) is 5.04. The molecule has 1 N–H and O–H groups in total. The summed E-state index contributed by atoms with van der Waals surface area (Å²) in [6.07, 6.45) is 1.26. The molecule has 0 bridgehead atoms. The summed E-state index contributed by atoms with van der Waals surface area (Å²) in [7, 11) is 4.39. The van der Waals surface area contributed by atoms with E-state index in [0.29, 0.717) is 0 Å². The van der Waals surface area contributed by atoms with E-state index in [1.165, 1.54) is 12.5 Å². The average molecular weight is 177 g/mol. The summed E-state index contributed by atoms with van der Waals surface area (Å²) in [5.74, 6) is 0. The van der Waals surface area contributed by atoms with Crippen molar-refractivity contribution in [1.29, 1.82) is 0 Å². The van der Waals surface area contributed by atoms with Crippen molar-refractivity contribution in [3.8, 4) is 0 Å². The largest absolute Gasteiger partial charge is 0.420 e. The second-order valence-electron chi connectivity index (χ2n) is 3.21. The molecule has 0 aromatic carbocycles. The van der Waals surface area contributed by atoms with Crippen LogP contribution in [0, 0.1) is 0 Å². The van der Waals surface area contributed by atoms with E-state index in [1.807, 2.05) is 21.2 Å². The molecule has 0 saturated carbocycles. The Kier molecular flexibility index (Phi) is 10.3. The SMILES string of the molecule is CCC[Si](C)(C)OC.CNC. The van der Waals surface area contributed by atoms with Gasteiger partial charge in [-0.1, -0.05) is 13.3 Å². The molecule has 0 aliphatic carbocycles. The molecule has 0 aromatic rings. The highest BCUT2D eigenvalue weighted by molar-refractivity contribution is 6.71. The second kappa shape index (κ2) is 8.24. The van der Waals surface area contributed by atoms with E-state index in [-0.39, 0.29) is 0 Å². The van der Waals surface area contributed by atoms with E-state index in [1.54, 1.807) is 0 Å². The van der Waals surface area contributed by atoms with Crippen molar-refractivity contribution < 1.29 is 4.43 Å². The maximum absolute atomic E-state index is 5.32. The molecular formula is C8H23NOSi. The van der Waals surface area contributed by atoms with Crippen LogP contribution in [0.5, 0.6) is 0 Å². The number of hydrogen-bond donors (Lipinski definition) is 1. The zero-order valence-electron chi connectivity index (χ0n) is 8.82. The lowest BCUT2D eigenvalue weighted by molar-refractivity contribution is 0.403. The Morgan fingerprint density at radius 2 is 1.64 bits per heavy atom. The summed E-state index contributed by atoms with van der Waals surface area (Å²) in [4.78, 5) is 0. The Morgan fingerprint density at radius 1 is 1.27 bits per heavy atom. The van der Waals surface area contributed by atoms with Crippen LogP contribution in [-0.2, 0) is 4.43 Å². The maximum atomic E-state index is 5.32. The summed E-state index contributed by atoms with van der Waals surface area (Å²) in [5.41, 5.74) is 0. The van der Waals surface area contributed by atoms with Gasteiger partial charge in [0.2, 0.25) is 0 Å². The van der Waals surface area contributed by atoms with Gasteiger partial charge in [0, 0.05) is 7.11 Å². The molecule has 0 saturated heterocycles. The molecule has 3 heteroatoms. The van der Waals surface area contributed by atoms with Crippen LogP contribution in [0.25, 0.3) is 0 Å². The van der Waals surface area contributed by atoms with Crippen molar-refractivity contribution >= 4 is 8.32 Å². The van der Waals surface area contributed by atoms with Crippen LogP contribution in [0.3, 0.4) is 0 Å². The fourth-order valence-corrected chi connectivity index (χ4v) is 2.11. The smallest absolute Gasteiger partial charge is 0.186 e. The van der Waals surface area contributed by atoms with Gasteiger partial charge in [-0.05, 0) is 33.2 Å². The zero-order valence-corrected chi connectivity index (χ0v) is 9.82. The predicted molar refractivity (Wildman–Crippen MR) is 54.6 cm³/mol. The topological polar surface area (TPSA) is 21.3 Å². The molecule has 0 radical (unpaired) electrons. The highest BCUT2D eigenvalue weighted by atomic mass is 28.4. The van der Waals surface area contributed by atoms with Gasteiger partial charge < -0.3 is 9.74 Å². The molecule has 0 fully saturated rings. The van der Waals surface area contributed by atoms with Crippen LogP contribution in [-0.4, -0.2) is 29.5 Å². The van der Waals surface area contributed by atoms with Crippen molar-refractivity contribution in [2.24, 2.45) is 0 Å². The zero-order chi connectivity index (χ0) is 9.33. The molecule has 0 aromatic heterocycles. The third-order valence-corrected chi connectivity index (χ3v) is 4.21. The van der Waals surface area contributed by atoms with E-state index in [4.69, 9.17) is 4.43 Å². The molecule has 0 spiro atoms. The third-order valence-electron chi connectivity index (χ3n) is 1.40. The minimum absolute atomic E-state index is 1.18. The molecule has 0 aliphatic heterocycles. The molecule has 0 aliphatic rings. The molecule has 0 amide bonds. The molecule has 0 heterocycles. The van der Waals surface area contributed by atoms with E-state index in [9.17, 15) is 0 Å². The normalized spacial score (nSPS) is 10.4. The predicted octanol–water partition coefficient (Wildman–Crippen LogP) is 2.08. The van der Waals surface area contributed by atoms with Crippen LogP contribution in [0.4, 0.5) is 0 Å². The molecule has 11 heavy (non-hydrogen) atoms. The van der Waals surface area contributed by atoms with Crippen molar-refractivity contribution in [2.75, 3.05) is 21.2 Å². The van der Waals surface area contributed by atoms with Crippen molar-refractivity contribution in [3.63, 3.8) is 0 Å². The van der Waals surface area contributed by atoms with E-state index >= 15 is 0 Å². The molecule has 2 nitrogen and oxygen atoms in total. The fourth-order valence-electron chi connectivity index (χ4n) is 0.704. The Morgan fingerprint density at radius 3 is 1.73 bits per heavy atom. The molecule has 0 atom stereocenters.